The van der Waals surface area contributed by atoms with Crippen LogP contribution in [0.3, 0.4) is 0 Å². The Bertz CT molecular complexity index is 444. The van der Waals surface area contributed by atoms with Gasteiger partial charge in [-0.15, -0.1) is 0 Å². The normalized spacial score (nSPS) is 21.4. The first kappa shape index (κ1) is 15.0. The maximum Gasteiger partial charge on any atom is 0.134 e. The highest BCUT2D eigenvalue weighted by Gasteiger charge is 2.28. The quantitative estimate of drug-likeness (QED) is 0.715. The monoisotopic (exact) mass is 278 g/mol. The Balaban J connectivity index is 2.16. The third kappa shape index (κ3) is 3.60. The fourth-order valence-electron chi connectivity index (χ4n) is 2.35. The molecule has 0 aromatic carbocycles. The average molecular weight is 278 g/mol. The van der Waals surface area contributed by atoms with Gasteiger partial charge in [0.25, 0.3) is 0 Å². The van der Waals surface area contributed by atoms with Crippen molar-refractivity contribution in [3.05, 3.63) is 11.4 Å². The van der Waals surface area contributed by atoms with E-state index < -0.39 is 0 Å². The van der Waals surface area contributed by atoms with Crippen LogP contribution in [-0.4, -0.2) is 33.8 Å². The van der Waals surface area contributed by atoms with Crippen molar-refractivity contribution in [1.29, 1.82) is 0 Å². The summed E-state index contributed by atoms with van der Waals surface area (Å²) in [6, 6.07) is 0.340. The molecule has 0 aliphatic heterocycles. The number of nitrogens with zero attached hydrogens (tertiary/aromatic N) is 2. The van der Waals surface area contributed by atoms with Crippen LogP contribution in [0.1, 0.15) is 50.9 Å². The van der Waals surface area contributed by atoms with Crippen LogP contribution < -0.4 is 10.6 Å². The van der Waals surface area contributed by atoms with E-state index in [0.29, 0.717) is 6.04 Å². The number of aliphatic hydroxyl groups is 1. The predicted molar refractivity (Wildman–Crippen MR) is 82.2 cm³/mol. The van der Waals surface area contributed by atoms with Gasteiger partial charge in [-0.25, -0.2) is 9.97 Å². The minimum Gasteiger partial charge on any atom is -0.393 e. The summed E-state index contributed by atoms with van der Waals surface area (Å²) in [5.74, 6) is 2.74. The zero-order chi connectivity index (χ0) is 14.5. The van der Waals surface area contributed by atoms with Gasteiger partial charge in [-0.05, 0) is 32.6 Å². The van der Waals surface area contributed by atoms with Crippen LogP contribution in [0.2, 0.25) is 0 Å². The molecule has 0 spiro atoms. The van der Waals surface area contributed by atoms with E-state index in [9.17, 15) is 5.11 Å². The Morgan fingerprint density at radius 1 is 1.15 bits per heavy atom. The SMILES string of the molecule is CCCNc1nc(CCC)nc(NC2CC(O)C2)c1C. The van der Waals surface area contributed by atoms with Crippen molar-refractivity contribution < 1.29 is 5.11 Å². The molecular formula is C15H26N4O. The molecule has 1 fully saturated rings. The molecule has 1 saturated carbocycles. The second kappa shape index (κ2) is 6.88. The lowest BCUT2D eigenvalue weighted by atomic mass is 9.89. The Morgan fingerprint density at radius 2 is 1.85 bits per heavy atom. The van der Waals surface area contributed by atoms with E-state index in [1.165, 1.54) is 0 Å². The highest BCUT2D eigenvalue weighted by atomic mass is 16.3. The molecule has 1 aromatic rings. The van der Waals surface area contributed by atoms with E-state index in [1.54, 1.807) is 0 Å². The highest BCUT2D eigenvalue weighted by molar-refractivity contribution is 5.57. The molecule has 1 aliphatic rings. The Labute approximate surface area is 121 Å². The molecule has 0 atom stereocenters. The van der Waals surface area contributed by atoms with E-state index in [1.807, 2.05) is 6.92 Å². The number of rotatable bonds is 7. The van der Waals surface area contributed by atoms with Crippen LogP contribution in [0.15, 0.2) is 0 Å². The van der Waals surface area contributed by atoms with Crippen molar-refractivity contribution in [2.24, 2.45) is 0 Å². The Kier molecular flexibility index (Phi) is 5.17. The lowest BCUT2D eigenvalue weighted by Crippen LogP contribution is -2.39. The number of aliphatic hydroxyl groups excluding tert-OH is 1. The smallest absolute Gasteiger partial charge is 0.134 e. The number of aryl methyl sites for hydroxylation is 1. The van der Waals surface area contributed by atoms with Gasteiger partial charge in [0.1, 0.15) is 17.5 Å². The molecule has 1 aliphatic carbocycles. The van der Waals surface area contributed by atoms with Crippen LogP contribution in [-0.2, 0) is 6.42 Å². The summed E-state index contributed by atoms with van der Waals surface area (Å²) in [5.41, 5.74) is 1.07. The van der Waals surface area contributed by atoms with E-state index in [2.05, 4.69) is 34.4 Å². The standard InChI is InChI=1S/C15H26N4O/c1-4-6-13-18-14(16-7-5-2)10(3)15(19-13)17-11-8-12(20)9-11/h11-12,20H,4-9H2,1-3H3,(H2,16,17,18,19). The summed E-state index contributed by atoms with van der Waals surface area (Å²) in [4.78, 5) is 9.25. The molecule has 112 valence electrons. The average Bonchev–Trinajstić information content (AvgIpc) is 2.39. The minimum absolute atomic E-state index is 0.151. The van der Waals surface area contributed by atoms with Crippen molar-refractivity contribution in [3.8, 4) is 0 Å². The largest absolute Gasteiger partial charge is 0.393 e. The fourth-order valence-corrected chi connectivity index (χ4v) is 2.35. The van der Waals surface area contributed by atoms with E-state index in [4.69, 9.17) is 0 Å². The van der Waals surface area contributed by atoms with Crippen molar-refractivity contribution in [1.82, 2.24) is 9.97 Å². The summed E-state index contributed by atoms with van der Waals surface area (Å²) < 4.78 is 0. The Hall–Kier alpha value is -1.36. The minimum atomic E-state index is -0.151. The predicted octanol–water partition coefficient (Wildman–Crippen LogP) is 2.49. The zero-order valence-corrected chi connectivity index (χ0v) is 12.7. The van der Waals surface area contributed by atoms with Crippen molar-refractivity contribution in [3.63, 3.8) is 0 Å². The van der Waals surface area contributed by atoms with Gasteiger partial charge in [-0.1, -0.05) is 13.8 Å². The van der Waals surface area contributed by atoms with Crippen LogP contribution in [0.4, 0.5) is 11.6 Å². The highest BCUT2D eigenvalue weighted by Crippen LogP contribution is 2.27. The van der Waals surface area contributed by atoms with Gasteiger partial charge < -0.3 is 15.7 Å². The maximum absolute atomic E-state index is 9.39. The number of aromatic nitrogens is 2. The zero-order valence-electron chi connectivity index (χ0n) is 12.7. The molecule has 0 saturated heterocycles. The first-order valence-corrected chi connectivity index (χ1v) is 7.70. The van der Waals surface area contributed by atoms with Crippen molar-refractivity contribution in [2.45, 2.75) is 65.0 Å². The van der Waals surface area contributed by atoms with Crippen LogP contribution >= 0.6 is 0 Å². The molecule has 2 rings (SSSR count). The summed E-state index contributed by atoms with van der Waals surface area (Å²) in [5, 5.41) is 16.2. The number of anilines is 2. The summed E-state index contributed by atoms with van der Waals surface area (Å²) >= 11 is 0. The van der Waals surface area contributed by atoms with Gasteiger partial charge in [0.05, 0.1) is 6.10 Å². The fraction of sp³-hybridized carbons (Fsp3) is 0.733. The second-order valence-electron chi connectivity index (χ2n) is 5.61. The molecule has 0 amide bonds. The number of nitrogens with one attached hydrogen (secondary N) is 2. The molecule has 20 heavy (non-hydrogen) atoms. The second-order valence-corrected chi connectivity index (χ2v) is 5.61. The van der Waals surface area contributed by atoms with Crippen LogP contribution in [0, 0.1) is 6.92 Å². The first-order valence-electron chi connectivity index (χ1n) is 7.70. The third-order valence-electron chi connectivity index (χ3n) is 3.66. The Morgan fingerprint density at radius 3 is 2.45 bits per heavy atom. The van der Waals surface area contributed by atoms with Crippen molar-refractivity contribution >= 4 is 11.6 Å². The molecular weight excluding hydrogens is 252 g/mol. The summed E-state index contributed by atoms with van der Waals surface area (Å²) in [6.45, 7) is 7.25. The van der Waals surface area contributed by atoms with Crippen molar-refractivity contribution in [2.75, 3.05) is 17.2 Å². The molecule has 0 unspecified atom stereocenters. The van der Waals surface area contributed by atoms with E-state index in [0.717, 1.165) is 61.7 Å². The number of hydrogen-bond donors (Lipinski definition) is 3. The van der Waals surface area contributed by atoms with Crippen LogP contribution in [0.25, 0.3) is 0 Å². The van der Waals surface area contributed by atoms with Gasteiger partial charge in [0, 0.05) is 24.6 Å². The van der Waals surface area contributed by atoms with Gasteiger partial charge in [-0.2, -0.15) is 0 Å². The van der Waals surface area contributed by atoms with Gasteiger partial charge in [-0.3, -0.25) is 0 Å². The first-order chi connectivity index (χ1) is 9.63. The lowest BCUT2D eigenvalue weighted by molar-refractivity contribution is 0.0835. The third-order valence-corrected chi connectivity index (χ3v) is 3.66. The van der Waals surface area contributed by atoms with E-state index in [-0.39, 0.29) is 6.10 Å². The summed E-state index contributed by atoms with van der Waals surface area (Å²) in [6.07, 6.45) is 4.47. The topological polar surface area (TPSA) is 70.1 Å². The van der Waals surface area contributed by atoms with Gasteiger partial charge in [0.15, 0.2) is 0 Å². The number of hydrogen-bond acceptors (Lipinski definition) is 5. The maximum atomic E-state index is 9.39. The molecule has 5 nitrogen and oxygen atoms in total. The lowest BCUT2D eigenvalue weighted by Gasteiger charge is -2.33. The molecule has 3 N–H and O–H groups in total. The van der Waals surface area contributed by atoms with Crippen LogP contribution in [0.5, 0.6) is 0 Å². The molecule has 0 bridgehead atoms. The van der Waals surface area contributed by atoms with Gasteiger partial charge >= 0.3 is 0 Å². The molecule has 5 heteroatoms. The summed E-state index contributed by atoms with van der Waals surface area (Å²) in [7, 11) is 0. The molecule has 1 aromatic heterocycles. The molecule has 0 radical (unpaired) electrons. The van der Waals surface area contributed by atoms with E-state index >= 15 is 0 Å². The molecule has 1 heterocycles. The van der Waals surface area contributed by atoms with Gasteiger partial charge in [0.2, 0.25) is 0 Å².